The Morgan fingerprint density at radius 2 is 2.11 bits per heavy atom. The molecule has 0 unspecified atom stereocenters. The van der Waals surface area contributed by atoms with Crippen molar-refractivity contribution in [3.63, 3.8) is 0 Å². The number of amides is 1. The van der Waals surface area contributed by atoms with Crippen molar-refractivity contribution in [2.75, 3.05) is 13.7 Å². The normalized spacial score (nSPS) is 9.84. The zero-order chi connectivity index (χ0) is 14.3. The Morgan fingerprint density at radius 1 is 1.37 bits per heavy atom. The van der Waals surface area contributed by atoms with Crippen LogP contribution in [0.3, 0.4) is 0 Å². The molecule has 0 aliphatic rings. The summed E-state index contributed by atoms with van der Waals surface area (Å²) in [6.45, 7) is 1.83. The Bertz CT molecular complexity index is 458. The van der Waals surface area contributed by atoms with Gasteiger partial charge >= 0.3 is 11.9 Å². The smallest absolute Gasteiger partial charge is 0.396 e. The minimum absolute atomic E-state index is 0.0914. The average molecular weight is 267 g/mol. The van der Waals surface area contributed by atoms with Gasteiger partial charge in [-0.15, -0.1) is 0 Å². The Balaban J connectivity index is 2.67. The third kappa shape index (κ3) is 4.26. The van der Waals surface area contributed by atoms with Gasteiger partial charge in [-0.25, -0.2) is 4.79 Å². The molecule has 0 heterocycles. The first-order valence-corrected chi connectivity index (χ1v) is 5.84. The van der Waals surface area contributed by atoms with Crippen LogP contribution in [0.2, 0.25) is 0 Å². The van der Waals surface area contributed by atoms with Gasteiger partial charge in [0.05, 0.1) is 20.3 Å². The molecule has 1 aromatic carbocycles. The van der Waals surface area contributed by atoms with Crippen molar-refractivity contribution >= 4 is 11.9 Å². The molecule has 2 N–H and O–H groups in total. The number of ether oxygens (including phenoxy) is 2. The monoisotopic (exact) mass is 267 g/mol. The zero-order valence-electron chi connectivity index (χ0n) is 10.9. The Labute approximate surface area is 111 Å². The van der Waals surface area contributed by atoms with Crippen LogP contribution < -0.4 is 10.1 Å². The van der Waals surface area contributed by atoms with Crippen molar-refractivity contribution in [3.8, 4) is 5.75 Å². The number of hydrogen-bond donors (Lipinski definition) is 2. The summed E-state index contributed by atoms with van der Waals surface area (Å²) in [7, 11) is 1.49. The number of benzene rings is 1. The first-order valence-electron chi connectivity index (χ1n) is 5.84. The fourth-order valence-corrected chi connectivity index (χ4v) is 1.48. The van der Waals surface area contributed by atoms with Crippen LogP contribution >= 0.6 is 0 Å². The number of carbonyl (C=O) groups is 2. The van der Waals surface area contributed by atoms with E-state index >= 15 is 0 Å². The van der Waals surface area contributed by atoms with Gasteiger partial charge in [-0.1, -0.05) is 12.1 Å². The number of hydrogen-bond acceptors (Lipinski definition) is 5. The van der Waals surface area contributed by atoms with E-state index in [0.29, 0.717) is 16.9 Å². The lowest BCUT2D eigenvalue weighted by Gasteiger charge is -2.10. The molecule has 0 saturated carbocycles. The highest BCUT2D eigenvalue weighted by atomic mass is 16.5. The highest BCUT2D eigenvalue weighted by molar-refractivity contribution is 6.32. The van der Waals surface area contributed by atoms with Gasteiger partial charge in [0.15, 0.2) is 0 Å². The molecule has 0 bridgehead atoms. The average Bonchev–Trinajstić information content (AvgIpc) is 2.44. The highest BCUT2D eigenvalue weighted by Gasteiger charge is 2.14. The lowest BCUT2D eigenvalue weighted by atomic mass is 10.1. The minimum atomic E-state index is -0.909. The van der Waals surface area contributed by atoms with Gasteiger partial charge in [-0.3, -0.25) is 4.79 Å². The third-order valence-electron chi connectivity index (χ3n) is 2.43. The molecule has 6 nitrogen and oxygen atoms in total. The van der Waals surface area contributed by atoms with Crippen molar-refractivity contribution in [2.24, 2.45) is 0 Å². The number of rotatable bonds is 5. The van der Waals surface area contributed by atoms with Crippen LogP contribution in [-0.4, -0.2) is 30.7 Å². The predicted octanol–water partition coefficient (Wildman–Crippen LogP) is 0.367. The molecule has 1 amide bonds. The van der Waals surface area contributed by atoms with Crippen molar-refractivity contribution < 1.29 is 24.2 Å². The molecule has 0 spiro atoms. The molecule has 0 radical (unpaired) electrons. The maximum atomic E-state index is 11.4. The molecule has 0 aromatic heterocycles. The van der Waals surface area contributed by atoms with Crippen LogP contribution in [0.15, 0.2) is 18.2 Å². The highest BCUT2D eigenvalue weighted by Crippen LogP contribution is 2.20. The second-order valence-electron chi connectivity index (χ2n) is 3.71. The Kier molecular flexibility index (Phi) is 5.81. The number of esters is 1. The van der Waals surface area contributed by atoms with Gasteiger partial charge in [0.2, 0.25) is 0 Å². The molecule has 19 heavy (non-hydrogen) atoms. The minimum Gasteiger partial charge on any atom is -0.496 e. The topological polar surface area (TPSA) is 84.9 Å². The van der Waals surface area contributed by atoms with E-state index in [1.54, 1.807) is 25.1 Å². The molecule has 0 atom stereocenters. The van der Waals surface area contributed by atoms with E-state index in [2.05, 4.69) is 10.1 Å². The molecular formula is C13H17NO5. The van der Waals surface area contributed by atoms with Crippen molar-refractivity contribution in [3.05, 3.63) is 29.3 Å². The van der Waals surface area contributed by atoms with E-state index in [9.17, 15) is 9.59 Å². The van der Waals surface area contributed by atoms with Crippen LogP contribution in [0.5, 0.6) is 5.75 Å². The summed E-state index contributed by atoms with van der Waals surface area (Å²) in [5.74, 6) is -1.17. The van der Waals surface area contributed by atoms with Crippen LogP contribution in [-0.2, 0) is 27.5 Å². The fourth-order valence-electron chi connectivity index (χ4n) is 1.48. The van der Waals surface area contributed by atoms with Gasteiger partial charge in [0, 0.05) is 12.1 Å². The first-order chi connectivity index (χ1) is 9.12. The molecule has 0 fully saturated rings. The van der Waals surface area contributed by atoms with Crippen LogP contribution in [0.25, 0.3) is 0 Å². The van der Waals surface area contributed by atoms with E-state index in [-0.39, 0.29) is 19.8 Å². The second kappa shape index (κ2) is 7.38. The number of aliphatic hydroxyl groups excluding tert-OH is 1. The quantitative estimate of drug-likeness (QED) is 0.594. The summed E-state index contributed by atoms with van der Waals surface area (Å²) < 4.78 is 9.72. The van der Waals surface area contributed by atoms with Gasteiger partial charge in [-0.05, 0) is 18.6 Å². The number of aliphatic hydroxyl groups is 1. The molecule has 0 aliphatic heterocycles. The van der Waals surface area contributed by atoms with Gasteiger partial charge < -0.3 is 19.9 Å². The summed E-state index contributed by atoms with van der Waals surface area (Å²) in [5.41, 5.74) is 1.41. The molecule has 6 heteroatoms. The SMILES string of the molecule is CCOC(=O)C(=O)NCc1ccc(CO)cc1OC. The maximum absolute atomic E-state index is 11.4. The molecule has 1 aromatic rings. The number of methoxy groups -OCH3 is 1. The lowest BCUT2D eigenvalue weighted by Crippen LogP contribution is -2.32. The van der Waals surface area contributed by atoms with E-state index in [1.165, 1.54) is 7.11 Å². The first kappa shape index (κ1) is 15.0. The molecule has 104 valence electrons. The van der Waals surface area contributed by atoms with E-state index in [4.69, 9.17) is 9.84 Å². The standard InChI is InChI=1S/C13H17NO5/c1-3-19-13(17)12(16)14-7-10-5-4-9(8-15)6-11(10)18-2/h4-6,15H,3,7-8H2,1-2H3,(H,14,16). The Hall–Kier alpha value is -2.08. The van der Waals surface area contributed by atoms with E-state index in [1.807, 2.05) is 0 Å². The summed E-state index contributed by atoms with van der Waals surface area (Å²) in [4.78, 5) is 22.5. The Morgan fingerprint density at radius 3 is 2.68 bits per heavy atom. The fraction of sp³-hybridized carbons (Fsp3) is 0.385. The van der Waals surface area contributed by atoms with Gasteiger partial charge in [-0.2, -0.15) is 0 Å². The summed E-state index contributed by atoms with van der Waals surface area (Å²) >= 11 is 0. The molecule has 1 rings (SSSR count). The van der Waals surface area contributed by atoms with E-state index in [0.717, 1.165) is 0 Å². The molecule has 0 saturated heterocycles. The van der Waals surface area contributed by atoms with Gasteiger partial charge in [0.1, 0.15) is 5.75 Å². The van der Waals surface area contributed by atoms with Crippen molar-refractivity contribution in [1.29, 1.82) is 0 Å². The van der Waals surface area contributed by atoms with Crippen LogP contribution in [0.1, 0.15) is 18.1 Å². The summed E-state index contributed by atoms with van der Waals surface area (Å²) in [6, 6.07) is 5.11. The van der Waals surface area contributed by atoms with E-state index < -0.39 is 11.9 Å². The number of nitrogens with one attached hydrogen (secondary N) is 1. The number of carbonyl (C=O) groups excluding carboxylic acids is 2. The van der Waals surface area contributed by atoms with Crippen LogP contribution in [0, 0.1) is 0 Å². The second-order valence-corrected chi connectivity index (χ2v) is 3.71. The van der Waals surface area contributed by atoms with Crippen molar-refractivity contribution in [1.82, 2.24) is 5.32 Å². The lowest BCUT2D eigenvalue weighted by molar-refractivity contribution is -0.154. The van der Waals surface area contributed by atoms with Gasteiger partial charge in [0.25, 0.3) is 0 Å². The molecular weight excluding hydrogens is 250 g/mol. The summed E-state index contributed by atoms with van der Waals surface area (Å²) in [6.07, 6.45) is 0. The predicted molar refractivity (Wildman–Crippen MR) is 67.4 cm³/mol. The third-order valence-corrected chi connectivity index (χ3v) is 2.43. The van der Waals surface area contributed by atoms with Crippen molar-refractivity contribution in [2.45, 2.75) is 20.1 Å². The molecule has 0 aliphatic carbocycles. The maximum Gasteiger partial charge on any atom is 0.396 e. The van der Waals surface area contributed by atoms with Crippen LogP contribution in [0.4, 0.5) is 0 Å². The summed E-state index contributed by atoms with van der Waals surface area (Å²) in [5, 5.41) is 11.5. The largest absolute Gasteiger partial charge is 0.496 e. The zero-order valence-corrected chi connectivity index (χ0v) is 10.9.